The van der Waals surface area contributed by atoms with Crippen molar-refractivity contribution < 1.29 is 0 Å². The zero-order valence-corrected chi connectivity index (χ0v) is 27.7. The van der Waals surface area contributed by atoms with Gasteiger partial charge in [0.1, 0.15) is 0 Å². The SMILES string of the molecule is c1ccc(-c2ccccc2N(c2ccc3c(c2)C(c2ccccc2)(c2ccccc2)c2ccccc2-3)c2ccccc2-c2ccccc2)cc1. The molecule has 0 saturated heterocycles. The molecule has 0 radical (unpaired) electrons. The summed E-state index contributed by atoms with van der Waals surface area (Å²) in [5.74, 6) is 0. The molecule has 0 unspecified atom stereocenters. The Morgan fingerprint density at radius 1 is 0.300 bits per heavy atom. The number of benzene rings is 8. The van der Waals surface area contributed by atoms with Gasteiger partial charge in [-0.1, -0.05) is 188 Å². The Hall–Kier alpha value is -6.44. The Labute approximate surface area is 294 Å². The molecule has 9 rings (SSSR count). The molecule has 1 aliphatic carbocycles. The van der Waals surface area contributed by atoms with Crippen molar-refractivity contribution in [3.63, 3.8) is 0 Å². The number of anilines is 3. The van der Waals surface area contributed by atoms with Gasteiger partial charge < -0.3 is 4.90 Å². The summed E-state index contributed by atoms with van der Waals surface area (Å²) in [4.78, 5) is 2.47. The minimum Gasteiger partial charge on any atom is -0.309 e. The van der Waals surface area contributed by atoms with Gasteiger partial charge >= 0.3 is 0 Å². The van der Waals surface area contributed by atoms with Gasteiger partial charge in [-0.3, -0.25) is 0 Å². The molecule has 8 aromatic rings. The molecule has 1 aliphatic rings. The molecular weight excluding hydrogens is 603 g/mol. The number of fused-ring (bicyclic) bond motifs is 3. The van der Waals surface area contributed by atoms with Crippen LogP contribution in [0.1, 0.15) is 22.3 Å². The van der Waals surface area contributed by atoms with Gasteiger partial charge in [0, 0.05) is 16.8 Å². The first-order valence-electron chi connectivity index (χ1n) is 17.3. The van der Waals surface area contributed by atoms with Crippen molar-refractivity contribution in [1.82, 2.24) is 0 Å². The van der Waals surface area contributed by atoms with Gasteiger partial charge in [0.15, 0.2) is 0 Å². The zero-order chi connectivity index (χ0) is 33.3. The van der Waals surface area contributed by atoms with Gasteiger partial charge in [-0.05, 0) is 68.8 Å². The first-order chi connectivity index (χ1) is 24.8. The smallest absolute Gasteiger partial charge is 0.0714 e. The van der Waals surface area contributed by atoms with Crippen LogP contribution < -0.4 is 4.90 Å². The highest BCUT2D eigenvalue weighted by molar-refractivity contribution is 5.95. The second kappa shape index (κ2) is 12.5. The van der Waals surface area contributed by atoms with E-state index in [9.17, 15) is 0 Å². The lowest BCUT2D eigenvalue weighted by Gasteiger charge is -2.35. The summed E-state index contributed by atoms with van der Waals surface area (Å²) in [7, 11) is 0. The van der Waals surface area contributed by atoms with Gasteiger partial charge in [0.25, 0.3) is 0 Å². The monoisotopic (exact) mass is 637 g/mol. The lowest BCUT2D eigenvalue weighted by atomic mass is 9.67. The molecule has 1 nitrogen and oxygen atoms in total. The molecule has 0 spiro atoms. The summed E-state index contributed by atoms with van der Waals surface area (Å²) in [6.45, 7) is 0. The second-order valence-corrected chi connectivity index (χ2v) is 12.9. The van der Waals surface area contributed by atoms with Crippen molar-refractivity contribution in [1.29, 1.82) is 0 Å². The maximum Gasteiger partial charge on any atom is 0.0714 e. The summed E-state index contributed by atoms with van der Waals surface area (Å²) in [5, 5.41) is 0. The maximum atomic E-state index is 2.47. The van der Waals surface area contributed by atoms with Crippen LogP contribution in [0.15, 0.2) is 212 Å². The molecule has 0 saturated carbocycles. The summed E-state index contributed by atoms with van der Waals surface area (Å²) >= 11 is 0. The summed E-state index contributed by atoms with van der Waals surface area (Å²) in [5.41, 5.74) is 15.3. The summed E-state index contributed by atoms with van der Waals surface area (Å²) in [6, 6.07) is 77.2. The zero-order valence-electron chi connectivity index (χ0n) is 27.7. The minimum absolute atomic E-state index is 0.492. The van der Waals surface area contributed by atoms with E-state index < -0.39 is 5.41 Å². The number of hydrogen-bond donors (Lipinski definition) is 0. The fourth-order valence-corrected chi connectivity index (χ4v) is 8.04. The predicted molar refractivity (Wildman–Crippen MR) is 209 cm³/mol. The van der Waals surface area contributed by atoms with Crippen molar-refractivity contribution in [3.8, 4) is 33.4 Å². The van der Waals surface area contributed by atoms with Crippen LogP contribution in [-0.4, -0.2) is 0 Å². The predicted octanol–water partition coefficient (Wildman–Crippen LogP) is 12.9. The molecule has 0 bridgehead atoms. The van der Waals surface area contributed by atoms with Crippen LogP contribution in [0.3, 0.4) is 0 Å². The van der Waals surface area contributed by atoms with Crippen LogP contribution in [0.4, 0.5) is 17.1 Å². The molecular formula is C49H35N. The van der Waals surface area contributed by atoms with Crippen LogP contribution in [0.5, 0.6) is 0 Å². The highest BCUT2D eigenvalue weighted by atomic mass is 15.1. The van der Waals surface area contributed by atoms with E-state index in [0.717, 1.165) is 17.1 Å². The number of para-hydroxylation sites is 2. The quantitative estimate of drug-likeness (QED) is 0.168. The third-order valence-corrected chi connectivity index (χ3v) is 10.2. The molecule has 0 amide bonds. The van der Waals surface area contributed by atoms with E-state index >= 15 is 0 Å². The van der Waals surface area contributed by atoms with Crippen molar-refractivity contribution in [2.75, 3.05) is 4.90 Å². The molecule has 0 aliphatic heterocycles. The first-order valence-corrected chi connectivity index (χ1v) is 17.3. The van der Waals surface area contributed by atoms with Crippen molar-refractivity contribution in [3.05, 3.63) is 235 Å². The van der Waals surface area contributed by atoms with Crippen LogP contribution in [-0.2, 0) is 5.41 Å². The maximum absolute atomic E-state index is 2.47. The van der Waals surface area contributed by atoms with E-state index in [0.29, 0.717) is 0 Å². The molecule has 0 aromatic heterocycles. The minimum atomic E-state index is -0.492. The molecule has 1 heteroatoms. The van der Waals surface area contributed by atoms with Gasteiger partial charge in [0.05, 0.1) is 16.8 Å². The van der Waals surface area contributed by atoms with E-state index in [1.807, 2.05) is 0 Å². The molecule has 8 aromatic carbocycles. The summed E-state index contributed by atoms with van der Waals surface area (Å²) < 4.78 is 0. The molecule has 236 valence electrons. The molecule has 0 heterocycles. The van der Waals surface area contributed by atoms with E-state index in [4.69, 9.17) is 0 Å². The largest absolute Gasteiger partial charge is 0.309 e. The number of nitrogens with zero attached hydrogens (tertiary/aromatic N) is 1. The molecule has 50 heavy (non-hydrogen) atoms. The third kappa shape index (κ3) is 4.78. The van der Waals surface area contributed by atoms with E-state index in [2.05, 4.69) is 217 Å². The van der Waals surface area contributed by atoms with Gasteiger partial charge in [0.2, 0.25) is 0 Å². The average Bonchev–Trinajstić information content (AvgIpc) is 3.50. The Kier molecular flexibility index (Phi) is 7.44. The standard InChI is InChI=1S/C49H35N/c1-5-19-36(20-6-1)41-27-14-17-31-47(41)50(48-32-18-15-28-42(48)37-21-7-2-8-22-37)40-33-34-44-43-29-13-16-30-45(43)49(46(44)35-40,38-23-9-3-10-24-38)39-25-11-4-12-26-39/h1-35H. The Morgan fingerprint density at radius 3 is 1.22 bits per heavy atom. The fourth-order valence-electron chi connectivity index (χ4n) is 8.04. The third-order valence-electron chi connectivity index (χ3n) is 10.2. The van der Waals surface area contributed by atoms with Crippen molar-refractivity contribution in [2.24, 2.45) is 0 Å². The topological polar surface area (TPSA) is 3.24 Å². The summed E-state index contributed by atoms with van der Waals surface area (Å²) in [6.07, 6.45) is 0. The Morgan fingerprint density at radius 2 is 0.700 bits per heavy atom. The Balaban J connectivity index is 1.36. The number of hydrogen-bond acceptors (Lipinski definition) is 1. The van der Waals surface area contributed by atoms with Crippen LogP contribution in [0.2, 0.25) is 0 Å². The van der Waals surface area contributed by atoms with E-state index in [-0.39, 0.29) is 0 Å². The van der Waals surface area contributed by atoms with Gasteiger partial charge in [-0.25, -0.2) is 0 Å². The normalized spacial score (nSPS) is 12.6. The van der Waals surface area contributed by atoms with Crippen molar-refractivity contribution >= 4 is 17.1 Å². The molecule has 0 fully saturated rings. The molecule has 0 atom stereocenters. The van der Waals surface area contributed by atoms with E-state index in [1.54, 1.807) is 0 Å². The average molecular weight is 638 g/mol. The lowest BCUT2D eigenvalue weighted by molar-refractivity contribution is 0.768. The first kappa shape index (κ1) is 29.7. The van der Waals surface area contributed by atoms with Crippen LogP contribution in [0.25, 0.3) is 33.4 Å². The lowest BCUT2D eigenvalue weighted by Crippen LogP contribution is -2.28. The highest BCUT2D eigenvalue weighted by Gasteiger charge is 2.46. The van der Waals surface area contributed by atoms with E-state index in [1.165, 1.54) is 55.6 Å². The number of rotatable bonds is 7. The second-order valence-electron chi connectivity index (χ2n) is 12.9. The van der Waals surface area contributed by atoms with Gasteiger partial charge in [-0.2, -0.15) is 0 Å². The Bertz CT molecular complexity index is 2290. The molecule has 0 N–H and O–H groups in total. The fraction of sp³-hybridized carbons (Fsp3) is 0.0204. The van der Waals surface area contributed by atoms with Crippen LogP contribution >= 0.6 is 0 Å². The highest BCUT2D eigenvalue weighted by Crippen LogP contribution is 2.57. The van der Waals surface area contributed by atoms with Crippen LogP contribution in [0, 0.1) is 0 Å². The van der Waals surface area contributed by atoms with Crippen molar-refractivity contribution in [2.45, 2.75) is 5.41 Å². The van der Waals surface area contributed by atoms with Gasteiger partial charge in [-0.15, -0.1) is 0 Å².